The number of benzene rings is 3. The molecule has 3 aromatic rings. The number of anilines is 1. The third-order valence-corrected chi connectivity index (χ3v) is 8.67. The van der Waals surface area contributed by atoms with E-state index in [1.165, 1.54) is 16.7 Å². The highest BCUT2D eigenvalue weighted by Crippen LogP contribution is 2.44. The second-order valence-electron chi connectivity index (χ2n) is 11.4. The van der Waals surface area contributed by atoms with Gasteiger partial charge >= 0.3 is 0 Å². The molecule has 0 bridgehead atoms. The molecule has 1 fully saturated rings. The van der Waals surface area contributed by atoms with Gasteiger partial charge in [0.15, 0.2) is 0 Å². The van der Waals surface area contributed by atoms with Crippen molar-refractivity contribution in [2.45, 2.75) is 58.5 Å². The highest BCUT2D eigenvalue weighted by atomic mass is 16.5. The summed E-state index contributed by atoms with van der Waals surface area (Å²) in [5.41, 5.74) is 14.2. The first-order valence-corrected chi connectivity index (χ1v) is 13.9. The van der Waals surface area contributed by atoms with E-state index in [1.807, 2.05) is 12.1 Å². The van der Waals surface area contributed by atoms with Gasteiger partial charge in [0.2, 0.25) is 5.91 Å². The maximum atomic E-state index is 13.2. The van der Waals surface area contributed by atoms with E-state index in [9.17, 15) is 4.79 Å². The number of carbonyl (C=O) groups is 1. The monoisotopic (exact) mass is 511 g/mol. The van der Waals surface area contributed by atoms with Crippen LogP contribution in [0.3, 0.4) is 0 Å². The number of hydrogen-bond donors (Lipinski definition) is 1. The number of piperazine rings is 1. The quantitative estimate of drug-likeness (QED) is 0.417. The SMILES string of the molecule is Cc1c(C)c2c(c(C)c1N)CC(C)(CN1CCN(C(=O)CCC(c3ccccc3)c3ccccc3)CC1)O2. The Balaban J connectivity index is 1.16. The van der Waals surface area contributed by atoms with Crippen LogP contribution in [0.5, 0.6) is 5.75 Å². The average Bonchev–Trinajstić information content (AvgIpc) is 3.29. The van der Waals surface area contributed by atoms with E-state index < -0.39 is 0 Å². The van der Waals surface area contributed by atoms with Crippen LogP contribution in [0.1, 0.15) is 59.1 Å². The molecule has 3 aromatic carbocycles. The van der Waals surface area contributed by atoms with Crippen LogP contribution in [0.2, 0.25) is 0 Å². The Bertz CT molecular complexity index is 1200. The minimum atomic E-state index is -0.275. The summed E-state index contributed by atoms with van der Waals surface area (Å²) in [5.74, 6) is 1.51. The second-order valence-corrected chi connectivity index (χ2v) is 11.4. The first-order chi connectivity index (χ1) is 18.3. The fourth-order valence-corrected chi connectivity index (χ4v) is 6.26. The van der Waals surface area contributed by atoms with E-state index in [1.54, 1.807) is 0 Å². The lowest BCUT2D eigenvalue weighted by molar-refractivity contribution is -0.133. The van der Waals surface area contributed by atoms with Crippen molar-refractivity contribution in [1.29, 1.82) is 0 Å². The standard InChI is InChI=1S/C33H41N3O2/c1-23-24(2)32-29(25(3)31(23)34)21-33(4,38-32)22-35-17-19-36(20-18-35)30(37)16-15-28(26-11-7-5-8-12-26)27-13-9-6-10-14-27/h5-14,28H,15-22,34H2,1-4H3. The van der Waals surface area contributed by atoms with E-state index in [0.29, 0.717) is 6.42 Å². The Morgan fingerprint density at radius 3 is 2.05 bits per heavy atom. The second kappa shape index (κ2) is 10.8. The summed E-state index contributed by atoms with van der Waals surface area (Å²) in [6.07, 6.45) is 2.25. The molecule has 1 saturated heterocycles. The molecule has 0 aliphatic carbocycles. The number of amides is 1. The van der Waals surface area contributed by atoms with Crippen LogP contribution in [0, 0.1) is 20.8 Å². The maximum Gasteiger partial charge on any atom is 0.222 e. The van der Waals surface area contributed by atoms with Gasteiger partial charge in [-0.05, 0) is 61.9 Å². The maximum absolute atomic E-state index is 13.2. The van der Waals surface area contributed by atoms with Gasteiger partial charge in [-0.1, -0.05) is 60.7 Å². The molecule has 5 rings (SSSR count). The lowest BCUT2D eigenvalue weighted by Crippen LogP contribution is -2.53. The highest BCUT2D eigenvalue weighted by Gasteiger charge is 2.40. The van der Waals surface area contributed by atoms with Crippen LogP contribution < -0.4 is 10.5 Å². The number of nitrogen functional groups attached to an aromatic ring is 1. The van der Waals surface area contributed by atoms with Crippen LogP contribution in [0.4, 0.5) is 5.69 Å². The first kappa shape index (κ1) is 26.3. The molecule has 0 spiro atoms. The predicted octanol–water partition coefficient (Wildman–Crippen LogP) is 5.64. The van der Waals surface area contributed by atoms with Gasteiger partial charge in [-0.2, -0.15) is 0 Å². The summed E-state index contributed by atoms with van der Waals surface area (Å²) >= 11 is 0. The normalized spacial score (nSPS) is 19.4. The van der Waals surface area contributed by atoms with E-state index in [2.05, 4.69) is 86.0 Å². The fourth-order valence-electron chi connectivity index (χ4n) is 6.26. The third-order valence-electron chi connectivity index (χ3n) is 8.67. The van der Waals surface area contributed by atoms with E-state index in [0.717, 1.165) is 73.7 Å². The summed E-state index contributed by atoms with van der Waals surface area (Å²) in [4.78, 5) is 17.7. The Hall–Kier alpha value is -3.31. The molecule has 1 unspecified atom stereocenters. The molecule has 1 atom stereocenters. The van der Waals surface area contributed by atoms with Crippen molar-refractivity contribution in [3.63, 3.8) is 0 Å². The van der Waals surface area contributed by atoms with Crippen LogP contribution >= 0.6 is 0 Å². The molecule has 1 amide bonds. The van der Waals surface area contributed by atoms with Crippen molar-refractivity contribution in [3.05, 3.63) is 94.0 Å². The van der Waals surface area contributed by atoms with Crippen molar-refractivity contribution < 1.29 is 9.53 Å². The van der Waals surface area contributed by atoms with Gasteiger partial charge in [0.05, 0.1) is 0 Å². The van der Waals surface area contributed by atoms with Crippen LogP contribution in [0.15, 0.2) is 60.7 Å². The van der Waals surface area contributed by atoms with Gasteiger partial charge in [-0.3, -0.25) is 9.69 Å². The minimum Gasteiger partial charge on any atom is -0.485 e. The molecule has 2 aliphatic heterocycles. The average molecular weight is 512 g/mol. The van der Waals surface area contributed by atoms with Gasteiger partial charge in [-0.15, -0.1) is 0 Å². The molecule has 2 aliphatic rings. The smallest absolute Gasteiger partial charge is 0.222 e. The van der Waals surface area contributed by atoms with E-state index >= 15 is 0 Å². The van der Waals surface area contributed by atoms with E-state index in [-0.39, 0.29) is 17.4 Å². The zero-order chi connectivity index (χ0) is 26.9. The molecule has 200 valence electrons. The van der Waals surface area contributed by atoms with Gasteiger partial charge in [0.1, 0.15) is 11.4 Å². The first-order valence-electron chi connectivity index (χ1n) is 13.9. The van der Waals surface area contributed by atoms with Crippen LogP contribution in [-0.4, -0.2) is 54.0 Å². The largest absolute Gasteiger partial charge is 0.485 e. The van der Waals surface area contributed by atoms with Crippen LogP contribution in [-0.2, 0) is 11.2 Å². The summed E-state index contributed by atoms with van der Waals surface area (Å²) in [7, 11) is 0. The molecule has 0 aromatic heterocycles. The van der Waals surface area contributed by atoms with Crippen molar-refractivity contribution in [2.75, 3.05) is 38.5 Å². The molecule has 0 saturated carbocycles. The van der Waals surface area contributed by atoms with Gasteiger partial charge in [0, 0.05) is 62.7 Å². The summed E-state index contributed by atoms with van der Waals surface area (Å²) in [5, 5.41) is 0. The molecule has 5 heteroatoms. The molecule has 0 radical (unpaired) electrons. The predicted molar refractivity (Wildman–Crippen MR) is 155 cm³/mol. The summed E-state index contributed by atoms with van der Waals surface area (Å²) in [6, 6.07) is 21.1. The number of ether oxygens (including phenoxy) is 1. The van der Waals surface area contributed by atoms with Crippen molar-refractivity contribution in [3.8, 4) is 5.75 Å². The summed E-state index contributed by atoms with van der Waals surface area (Å²) < 4.78 is 6.59. The Kier molecular flexibility index (Phi) is 7.49. The summed E-state index contributed by atoms with van der Waals surface area (Å²) in [6.45, 7) is 12.7. The number of fused-ring (bicyclic) bond motifs is 1. The lowest BCUT2D eigenvalue weighted by atomic mass is 9.87. The number of carbonyl (C=O) groups excluding carboxylic acids is 1. The van der Waals surface area contributed by atoms with Crippen molar-refractivity contribution in [2.24, 2.45) is 0 Å². The zero-order valence-electron chi connectivity index (χ0n) is 23.3. The highest BCUT2D eigenvalue weighted by molar-refractivity contribution is 5.76. The van der Waals surface area contributed by atoms with Gasteiger partial charge in [0.25, 0.3) is 0 Å². The van der Waals surface area contributed by atoms with E-state index in [4.69, 9.17) is 10.5 Å². The number of nitrogens with zero attached hydrogens (tertiary/aromatic N) is 2. The minimum absolute atomic E-state index is 0.230. The third kappa shape index (κ3) is 5.30. The van der Waals surface area contributed by atoms with Crippen LogP contribution in [0.25, 0.3) is 0 Å². The lowest BCUT2D eigenvalue weighted by Gasteiger charge is -2.38. The molecular formula is C33H41N3O2. The number of rotatable bonds is 7. The fraction of sp³-hybridized carbons (Fsp3) is 0.424. The molecule has 2 N–H and O–H groups in total. The molecule has 38 heavy (non-hydrogen) atoms. The zero-order valence-corrected chi connectivity index (χ0v) is 23.3. The number of nitrogens with two attached hydrogens (primary N) is 1. The molecular weight excluding hydrogens is 470 g/mol. The Morgan fingerprint density at radius 2 is 1.47 bits per heavy atom. The van der Waals surface area contributed by atoms with Gasteiger partial charge < -0.3 is 15.4 Å². The number of hydrogen-bond acceptors (Lipinski definition) is 4. The topological polar surface area (TPSA) is 58.8 Å². The van der Waals surface area contributed by atoms with Crippen molar-refractivity contribution in [1.82, 2.24) is 9.80 Å². The molecule has 2 heterocycles. The van der Waals surface area contributed by atoms with Gasteiger partial charge in [-0.25, -0.2) is 0 Å². The Labute approximate surface area is 227 Å². The Morgan fingerprint density at radius 1 is 0.895 bits per heavy atom. The molecule has 5 nitrogen and oxygen atoms in total. The van der Waals surface area contributed by atoms with Crippen molar-refractivity contribution >= 4 is 11.6 Å².